The van der Waals surface area contributed by atoms with Gasteiger partial charge in [0.2, 0.25) is 11.9 Å². The zero-order valence-electron chi connectivity index (χ0n) is 22.5. The second-order valence-corrected chi connectivity index (χ2v) is 10.0. The number of hydrogen-bond donors (Lipinski definition) is 3. The van der Waals surface area contributed by atoms with Gasteiger partial charge in [0.25, 0.3) is 0 Å². The van der Waals surface area contributed by atoms with Crippen LogP contribution >= 0.6 is 0 Å². The molecule has 2 aromatic heterocycles. The minimum Gasteiger partial charge on any atom is -0.391 e. The molecule has 3 aromatic rings. The van der Waals surface area contributed by atoms with Gasteiger partial charge in [0.1, 0.15) is 23.5 Å². The summed E-state index contributed by atoms with van der Waals surface area (Å²) >= 11 is 0. The quantitative estimate of drug-likeness (QED) is 0.397. The first-order valence-corrected chi connectivity index (χ1v) is 13.2. The molecule has 4 heterocycles. The molecule has 0 unspecified atom stereocenters. The number of hydrogen-bond acceptors (Lipinski definition) is 9. The van der Waals surface area contributed by atoms with E-state index in [2.05, 4.69) is 31.4 Å². The van der Waals surface area contributed by atoms with Crippen LogP contribution in [0.5, 0.6) is 0 Å². The monoisotopic (exact) mass is 553 g/mol. The molecule has 13 heteroatoms. The predicted octanol–water partition coefficient (Wildman–Crippen LogP) is 1.35. The van der Waals surface area contributed by atoms with Gasteiger partial charge in [-0.25, -0.2) is 13.5 Å². The van der Waals surface area contributed by atoms with Crippen LogP contribution in [0.1, 0.15) is 17.7 Å². The largest absolute Gasteiger partial charge is 0.391 e. The highest BCUT2D eigenvalue weighted by Gasteiger charge is 2.36. The first-order valence-electron chi connectivity index (χ1n) is 13.2. The Morgan fingerprint density at radius 2 is 1.82 bits per heavy atom. The van der Waals surface area contributed by atoms with Crippen molar-refractivity contribution in [1.29, 1.82) is 0 Å². The number of nitrogens with zero attached hydrogens (tertiary/aromatic N) is 7. The van der Waals surface area contributed by atoms with Crippen LogP contribution in [-0.2, 0) is 4.79 Å². The molecule has 0 radical (unpaired) electrons. The van der Waals surface area contributed by atoms with Crippen LogP contribution in [0.25, 0.3) is 11.9 Å². The molecule has 2 aliphatic heterocycles. The van der Waals surface area contributed by atoms with Gasteiger partial charge in [0.05, 0.1) is 18.0 Å². The third-order valence-electron chi connectivity index (χ3n) is 7.35. The van der Waals surface area contributed by atoms with Crippen molar-refractivity contribution in [1.82, 2.24) is 30.0 Å². The molecule has 1 aromatic carbocycles. The molecule has 2 saturated heterocycles. The number of nitrogens with one attached hydrogen (secondary N) is 1. The highest BCUT2D eigenvalue weighted by atomic mass is 19.1. The average Bonchev–Trinajstić information content (AvgIpc) is 3.50. The predicted molar refractivity (Wildman–Crippen MR) is 148 cm³/mol. The molecule has 212 valence electrons. The van der Waals surface area contributed by atoms with E-state index in [0.717, 1.165) is 37.0 Å². The summed E-state index contributed by atoms with van der Waals surface area (Å²) in [6, 6.07) is 4.76. The molecule has 1 amide bonds. The Morgan fingerprint density at radius 3 is 2.52 bits per heavy atom. The van der Waals surface area contributed by atoms with E-state index in [1.54, 1.807) is 28.9 Å². The van der Waals surface area contributed by atoms with E-state index < -0.39 is 23.8 Å². The molecule has 40 heavy (non-hydrogen) atoms. The van der Waals surface area contributed by atoms with Crippen LogP contribution in [0.2, 0.25) is 0 Å². The molecule has 11 nitrogen and oxygen atoms in total. The molecule has 0 aliphatic carbocycles. The number of β-amino-alcohol motifs (C(OH)–C–C–N with tert-alkyl or cyclic N) is 1. The average molecular weight is 554 g/mol. The van der Waals surface area contributed by atoms with E-state index in [-0.39, 0.29) is 18.4 Å². The molecule has 0 spiro atoms. The molecule has 5 rings (SSSR count). The Balaban J connectivity index is 1.24. The van der Waals surface area contributed by atoms with Gasteiger partial charge >= 0.3 is 0 Å². The normalized spacial score (nSPS) is 20.0. The van der Waals surface area contributed by atoms with Crippen LogP contribution in [0.15, 0.2) is 36.5 Å². The number of amides is 1. The summed E-state index contributed by atoms with van der Waals surface area (Å²) in [5.74, 6) is -0.402. The minimum atomic E-state index is -0.655. The van der Waals surface area contributed by atoms with Gasteiger partial charge in [0.15, 0.2) is 5.82 Å². The first kappa shape index (κ1) is 27.5. The van der Waals surface area contributed by atoms with Crippen molar-refractivity contribution in [3.8, 4) is 5.82 Å². The van der Waals surface area contributed by atoms with Crippen LogP contribution in [0, 0.1) is 18.6 Å². The van der Waals surface area contributed by atoms with Crippen molar-refractivity contribution in [2.75, 3.05) is 61.8 Å². The van der Waals surface area contributed by atoms with Gasteiger partial charge in [-0.3, -0.25) is 9.69 Å². The second kappa shape index (κ2) is 11.6. The van der Waals surface area contributed by atoms with Gasteiger partial charge in [-0.2, -0.15) is 15.1 Å². The van der Waals surface area contributed by atoms with Crippen LogP contribution in [0.4, 0.5) is 26.2 Å². The summed E-state index contributed by atoms with van der Waals surface area (Å²) in [7, 11) is 1.56. The standard InChI is InChI=1S/C27H33F2N9O2/c1-17-18(4-3-5-35-6-8-36(9-7-35)21-11-19(28)10-20(29)12-21)15-32-38(17)25-14-24(33-27(30)34-25)37-16-22(39)13-23(37)26(40)31-2/h3-4,10-12,14-15,22-23,39H,5-9,13,16H2,1-2H3,(H,31,40)(H2,30,33,34)/b4-3+/t22-,23+/m1/s1. The molecule has 2 fully saturated rings. The number of aliphatic hydroxyl groups excluding tert-OH is 1. The molecule has 2 atom stereocenters. The first-order chi connectivity index (χ1) is 19.2. The van der Waals surface area contributed by atoms with Crippen molar-refractivity contribution < 1.29 is 18.7 Å². The number of rotatable bonds is 7. The van der Waals surface area contributed by atoms with Crippen molar-refractivity contribution in [2.24, 2.45) is 0 Å². The maximum absolute atomic E-state index is 13.6. The van der Waals surface area contributed by atoms with Crippen molar-refractivity contribution in [3.63, 3.8) is 0 Å². The number of piperazine rings is 1. The second-order valence-electron chi connectivity index (χ2n) is 10.0. The van der Waals surface area contributed by atoms with Gasteiger partial charge in [-0.05, 0) is 19.1 Å². The van der Waals surface area contributed by atoms with Crippen LogP contribution < -0.4 is 20.9 Å². The number of aliphatic hydroxyl groups is 1. The fourth-order valence-electron chi connectivity index (χ4n) is 5.23. The topological polar surface area (TPSA) is 129 Å². The fourth-order valence-corrected chi connectivity index (χ4v) is 5.23. The lowest BCUT2D eigenvalue weighted by Gasteiger charge is -2.35. The lowest BCUT2D eigenvalue weighted by Crippen LogP contribution is -2.46. The maximum Gasteiger partial charge on any atom is 0.242 e. The molecular weight excluding hydrogens is 520 g/mol. The summed E-state index contributed by atoms with van der Waals surface area (Å²) in [6.45, 7) is 5.80. The zero-order valence-corrected chi connectivity index (χ0v) is 22.5. The lowest BCUT2D eigenvalue weighted by atomic mass is 10.2. The van der Waals surface area contributed by atoms with E-state index in [4.69, 9.17) is 5.73 Å². The number of anilines is 3. The lowest BCUT2D eigenvalue weighted by molar-refractivity contribution is -0.121. The summed E-state index contributed by atoms with van der Waals surface area (Å²) in [6.07, 6.45) is 5.44. The smallest absolute Gasteiger partial charge is 0.242 e. The summed E-state index contributed by atoms with van der Waals surface area (Å²) in [5.41, 5.74) is 8.34. The Kier molecular flexibility index (Phi) is 7.94. The summed E-state index contributed by atoms with van der Waals surface area (Å²) < 4.78 is 28.8. The summed E-state index contributed by atoms with van der Waals surface area (Å²) in [5, 5.41) is 17.3. The van der Waals surface area contributed by atoms with E-state index >= 15 is 0 Å². The summed E-state index contributed by atoms with van der Waals surface area (Å²) in [4.78, 5) is 27.0. The van der Waals surface area contributed by atoms with Gasteiger partial charge in [-0.1, -0.05) is 12.2 Å². The Morgan fingerprint density at radius 1 is 1.12 bits per heavy atom. The van der Waals surface area contributed by atoms with E-state index in [1.165, 1.54) is 12.1 Å². The highest BCUT2D eigenvalue weighted by molar-refractivity contribution is 5.85. The highest BCUT2D eigenvalue weighted by Crippen LogP contribution is 2.27. The number of carbonyl (C=O) groups excluding carboxylic acids is 1. The molecule has 0 bridgehead atoms. The fraction of sp³-hybridized carbons (Fsp3) is 0.407. The van der Waals surface area contributed by atoms with Gasteiger partial charge < -0.3 is 26.0 Å². The van der Waals surface area contributed by atoms with Crippen LogP contribution in [-0.4, -0.2) is 94.1 Å². The van der Waals surface area contributed by atoms with Crippen molar-refractivity contribution in [2.45, 2.75) is 25.5 Å². The Labute approximate surface area is 230 Å². The molecule has 4 N–H and O–H groups in total. The van der Waals surface area contributed by atoms with E-state index in [9.17, 15) is 18.7 Å². The van der Waals surface area contributed by atoms with E-state index in [1.807, 2.05) is 17.9 Å². The number of likely N-dealkylation sites (N-methyl/N-ethyl adjacent to an activating group) is 1. The number of nitrogen functional groups attached to an aromatic ring is 1. The molecule has 2 aliphatic rings. The Bertz CT molecular complexity index is 1380. The number of halogens is 2. The van der Waals surface area contributed by atoms with Crippen molar-refractivity contribution in [3.05, 3.63) is 59.4 Å². The SMILES string of the molecule is CNC(=O)[C@@H]1C[C@@H](O)CN1c1cc(-n2ncc(/C=C/CN3CCN(c4cc(F)cc(F)c4)CC3)c2C)nc(N)n1. The van der Waals surface area contributed by atoms with E-state index in [0.29, 0.717) is 36.8 Å². The zero-order chi connectivity index (χ0) is 28.4. The third-order valence-corrected chi connectivity index (χ3v) is 7.35. The number of aromatic nitrogens is 4. The maximum atomic E-state index is 13.6. The molecular formula is C27H33F2N9O2. The number of benzene rings is 1. The van der Waals surface area contributed by atoms with Gasteiger partial charge in [0, 0.05) is 76.1 Å². The minimum absolute atomic E-state index is 0.0386. The molecule has 0 saturated carbocycles. The van der Waals surface area contributed by atoms with Crippen molar-refractivity contribution >= 4 is 29.4 Å². The number of carbonyl (C=O) groups is 1. The number of nitrogens with two attached hydrogens (primary N) is 1. The van der Waals surface area contributed by atoms with Gasteiger partial charge in [-0.15, -0.1) is 0 Å². The Hall–Kier alpha value is -4.10. The third kappa shape index (κ3) is 5.89. The van der Waals surface area contributed by atoms with Crippen LogP contribution in [0.3, 0.4) is 0 Å².